The van der Waals surface area contributed by atoms with Crippen LogP contribution in [-0.2, 0) is 11.2 Å². The van der Waals surface area contributed by atoms with Gasteiger partial charge in [-0.3, -0.25) is 0 Å². The van der Waals surface area contributed by atoms with Gasteiger partial charge in [-0.15, -0.1) is 0 Å². The number of hydrogen-bond donors (Lipinski definition) is 0. The van der Waals surface area contributed by atoms with Crippen LogP contribution in [0.5, 0.6) is 0 Å². The standard InChI is InChI=1S/C15H21ClFN3O2/c1-15(2,3)22-14(21)20-6-4-5-10(9-20)7-12-11(17)8-18-13(16)19-12/h8,10H,4-7,9H2,1-3H3/t10-/m1/s1. The molecule has 1 saturated heterocycles. The second-order valence-electron chi connectivity index (χ2n) is 6.57. The molecule has 7 heteroatoms. The number of piperidine rings is 1. The minimum atomic E-state index is -0.518. The molecule has 1 atom stereocenters. The van der Waals surface area contributed by atoms with E-state index in [0.717, 1.165) is 19.0 Å². The zero-order valence-electron chi connectivity index (χ0n) is 13.1. The summed E-state index contributed by atoms with van der Waals surface area (Å²) >= 11 is 5.71. The van der Waals surface area contributed by atoms with Gasteiger partial charge in [-0.05, 0) is 57.6 Å². The number of nitrogens with zero attached hydrogens (tertiary/aromatic N) is 3. The number of hydrogen-bond acceptors (Lipinski definition) is 4. The number of halogens is 2. The van der Waals surface area contributed by atoms with Crippen LogP contribution in [0.25, 0.3) is 0 Å². The quantitative estimate of drug-likeness (QED) is 0.780. The lowest BCUT2D eigenvalue weighted by molar-refractivity contribution is 0.0165. The number of carbonyl (C=O) groups excluding carboxylic acids is 1. The highest BCUT2D eigenvalue weighted by Crippen LogP contribution is 2.23. The van der Waals surface area contributed by atoms with E-state index in [4.69, 9.17) is 16.3 Å². The smallest absolute Gasteiger partial charge is 0.410 e. The fourth-order valence-electron chi connectivity index (χ4n) is 2.52. The van der Waals surface area contributed by atoms with Crippen LogP contribution in [0.2, 0.25) is 5.28 Å². The number of likely N-dealkylation sites (tertiary alicyclic amines) is 1. The molecule has 0 aromatic carbocycles. The van der Waals surface area contributed by atoms with E-state index in [0.29, 0.717) is 25.2 Å². The maximum absolute atomic E-state index is 13.7. The van der Waals surface area contributed by atoms with Crippen LogP contribution in [0.4, 0.5) is 9.18 Å². The van der Waals surface area contributed by atoms with Gasteiger partial charge < -0.3 is 9.64 Å². The Hall–Kier alpha value is -1.43. The van der Waals surface area contributed by atoms with Crippen LogP contribution in [0, 0.1) is 11.7 Å². The van der Waals surface area contributed by atoms with Crippen molar-refractivity contribution in [3.8, 4) is 0 Å². The summed E-state index contributed by atoms with van der Waals surface area (Å²) in [5.41, 5.74) is -0.216. The largest absolute Gasteiger partial charge is 0.444 e. The van der Waals surface area contributed by atoms with Crippen molar-refractivity contribution in [2.75, 3.05) is 13.1 Å². The number of amides is 1. The van der Waals surface area contributed by atoms with Crippen LogP contribution < -0.4 is 0 Å². The molecule has 2 rings (SSSR count). The van der Waals surface area contributed by atoms with Gasteiger partial charge in [0.15, 0.2) is 5.82 Å². The normalized spacial score (nSPS) is 19.1. The molecule has 1 fully saturated rings. The molecular formula is C15H21ClFN3O2. The highest BCUT2D eigenvalue weighted by atomic mass is 35.5. The van der Waals surface area contributed by atoms with Crippen molar-refractivity contribution in [3.05, 3.63) is 23.0 Å². The van der Waals surface area contributed by atoms with Gasteiger partial charge in [-0.2, -0.15) is 0 Å². The van der Waals surface area contributed by atoms with Crippen molar-refractivity contribution in [3.63, 3.8) is 0 Å². The molecule has 0 radical (unpaired) electrons. The summed E-state index contributed by atoms with van der Waals surface area (Å²) in [4.78, 5) is 21.3. The van der Waals surface area contributed by atoms with E-state index >= 15 is 0 Å². The number of carbonyl (C=O) groups is 1. The molecule has 1 aliphatic heterocycles. The van der Waals surface area contributed by atoms with E-state index in [1.807, 2.05) is 20.8 Å². The topological polar surface area (TPSA) is 55.3 Å². The van der Waals surface area contributed by atoms with Crippen molar-refractivity contribution in [2.45, 2.75) is 45.6 Å². The summed E-state index contributed by atoms with van der Waals surface area (Å²) in [5, 5.41) is 0.0382. The maximum atomic E-state index is 13.7. The average Bonchev–Trinajstić information content (AvgIpc) is 2.41. The molecule has 5 nitrogen and oxygen atoms in total. The lowest BCUT2D eigenvalue weighted by Gasteiger charge is -2.34. The lowest BCUT2D eigenvalue weighted by atomic mass is 9.93. The van der Waals surface area contributed by atoms with E-state index in [2.05, 4.69) is 9.97 Å². The van der Waals surface area contributed by atoms with Gasteiger partial charge in [0.25, 0.3) is 0 Å². The molecule has 122 valence electrons. The lowest BCUT2D eigenvalue weighted by Crippen LogP contribution is -2.43. The molecule has 22 heavy (non-hydrogen) atoms. The summed E-state index contributed by atoms with van der Waals surface area (Å²) < 4.78 is 19.1. The average molecular weight is 330 g/mol. The van der Waals surface area contributed by atoms with Crippen LogP contribution in [-0.4, -0.2) is 39.7 Å². The molecule has 0 spiro atoms. The zero-order valence-corrected chi connectivity index (χ0v) is 13.9. The van der Waals surface area contributed by atoms with Gasteiger partial charge in [0.2, 0.25) is 5.28 Å². The molecule has 0 bridgehead atoms. The minimum absolute atomic E-state index is 0.0382. The third-order valence-corrected chi connectivity index (χ3v) is 3.62. The van der Waals surface area contributed by atoms with Gasteiger partial charge in [0.05, 0.1) is 11.9 Å². The molecule has 1 amide bonds. The summed E-state index contributed by atoms with van der Waals surface area (Å²) in [6, 6.07) is 0. The SMILES string of the molecule is CC(C)(C)OC(=O)N1CCC[C@H](Cc2nc(Cl)ncc2F)C1. The number of ether oxygens (including phenoxy) is 1. The highest BCUT2D eigenvalue weighted by Gasteiger charge is 2.28. The predicted octanol–water partition coefficient (Wildman–Crippen LogP) is 3.46. The van der Waals surface area contributed by atoms with Gasteiger partial charge in [0, 0.05) is 13.1 Å². The summed E-state index contributed by atoms with van der Waals surface area (Å²) in [6.07, 6.45) is 2.98. The summed E-state index contributed by atoms with van der Waals surface area (Å²) in [6.45, 7) is 6.72. The molecule has 0 aliphatic carbocycles. The van der Waals surface area contributed by atoms with Crippen molar-refractivity contribution in [1.82, 2.24) is 14.9 Å². The molecule has 1 aliphatic rings. The Morgan fingerprint density at radius 1 is 1.55 bits per heavy atom. The number of rotatable bonds is 2. The first-order chi connectivity index (χ1) is 10.2. The molecule has 0 saturated carbocycles. The van der Waals surface area contributed by atoms with Crippen molar-refractivity contribution >= 4 is 17.7 Å². The van der Waals surface area contributed by atoms with Crippen molar-refractivity contribution in [1.29, 1.82) is 0 Å². The summed E-state index contributed by atoms with van der Waals surface area (Å²) in [7, 11) is 0. The van der Waals surface area contributed by atoms with Crippen LogP contribution >= 0.6 is 11.6 Å². The number of aromatic nitrogens is 2. The van der Waals surface area contributed by atoms with Crippen LogP contribution in [0.1, 0.15) is 39.3 Å². The fourth-order valence-corrected chi connectivity index (χ4v) is 2.67. The molecule has 1 aromatic rings. The van der Waals surface area contributed by atoms with Gasteiger partial charge in [-0.1, -0.05) is 0 Å². The molecule has 0 N–H and O–H groups in total. The molecule has 0 unspecified atom stereocenters. The Kier molecular flexibility index (Phi) is 5.21. The second-order valence-corrected chi connectivity index (χ2v) is 6.91. The molecular weight excluding hydrogens is 309 g/mol. The third kappa shape index (κ3) is 4.80. The Bertz CT molecular complexity index is 548. The van der Waals surface area contributed by atoms with E-state index in [-0.39, 0.29) is 17.3 Å². The van der Waals surface area contributed by atoms with Gasteiger partial charge in [0.1, 0.15) is 5.60 Å². The van der Waals surface area contributed by atoms with Crippen LogP contribution in [0.3, 0.4) is 0 Å². The Morgan fingerprint density at radius 2 is 2.27 bits per heavy atom. The van der Waals surface area contributed by atoms with E-state index < -0.39 is 11.4 Å². The van der Waals surface area contributed by atoms with Crippen molar-refractivity contribution < 1.29 is 13.9 Å². The summed E-state index contributed by atoms with van der Waals surface area (Å²) in [5.74, 6) is -0.319. The van der Waals surface area contributed by atoms with Gasteiger partial charge in [-0.25, -0.2) is 19.2 Å². The first-order valence-electron chi connectivity index (χ1n) is 7.39. The molecule has 1 aromatic heterocycles. The van der Waals surface area contributed by atoms with Crippen LogP contribution in [0.15, 0.2) is 6.20 Å². The Labute approximate surface area is 134 Å². The van der Waals surface area contributed by atoms with Gasteiger partial charge >= 0.3 is 6.09 Å². The Morgan fingerprint density at radius 3 is 2.95 bits per heavy atom. The van der Waals surface area contributed by atoms with Crippen molar-refractivity contribution in [2.24, 2.45) is 5.92 Å². The fraction of sp³-hybridized carbons (Fsp3) is 0.667. The van der Waals surface area contributed by atoms with E-state index in [1.54, 1.807) is 4.90 Å². The predicted molar refractivity (Wildman–Crippen MR) is 81.2 cm³/mol. The second kappa shape index (κ2) is 6.77. The first kappa shape index (κ1) is 16.9. The third-order valence-electron chi connectivity index (χ3n) is 3.44. The Balaban J connectivity index is 1.98. The maximum Gasteiger partial charge on any atom is 0.410 e. The highest BCUT2D eigenvalue weighted by molar-refractivity contribution is 6.28. The zero-order chi connectivity index (χ0) is 16.3. The minimum Gasteiger partial charge on any atom is -0.444 e. The molecule has 2 heterocycles. The van der Waals surface area contributed by atoms with E-state index in [1.165, 1.54) is 0 Å². The van der Waals surface area contributed by atoms with E-state index in [9.17, 15) is 9.18 Å². The first-order valence-corrected chi connectivity index (χ1v) is 7.77. The monoisotopic (exact) mass is 329 g/mol.